The van der Waals surface area contributed by atoms with Crippen LogP contribution in [-0.4, -0.2) is 18.4 Å². The summed E-state index contributed by atoms with van der Waals surface area (Å²) in [7, 11) is 0. The summed E-state index contributed by atoms with van der Waals surface area (Å²) in [6.45, 7) is 4.19. The second-order valence-electron chi connectivity index (χ2n) is 3.96. The maximum absolute atomic E-state index is 11.6. The molecule has 0 radical (unpaired) electrons. The summed E-state index contributed by atoms with van der Waals surface area (Å²) in [6.07, 6.45) is 3.13. The first kappa shape index (κ1) is 11.2. The molecule has 14 heavy (non-hydrogen) atoms. The number of esters is 1. The average Bonchev–Trinajstić information content (AvgIpc) is 2.51. The van der Waals surface area contributed by atoms with Crippen LogP contribution in [0.15, 0.2) is 0 Å². The van der Waals surface area contributed by atoms with Crippen molar-refractivity contribution in [3.63, 3.8) is 0 Å². The number of rotatable bonds is 4. The van der Waals surface area contributed by atoms with Gasteiger partial charge in [0.15, 0.2) is 0 Å². The van der Waals surface area contributed by atoms with Crippen molar-refractivity contribution in [2.45, 2.75) is 39.5 Å². The minimum Gasteiger partial charge on any atom is -0.466 e. The number of hydrogen-bond donors (Lipinski definition) is 0. The van der Waals surface area contributed by atoms with Gasteiger partial charge in [-0.3, -0.25) is 9.59 Å². The SMILES string of the molecule is CCOC(=O)CC(=O)C1CCCC1C. The Morgan fingerprint density at radius 2 is 2.07 bits per heavy atom. The Morgan fingerprint density at radius 3 is 2.57 bits per heavy atom. The molecule has 0 aromatic rings. The molecule has 1 aliphatic carbocycles. The van der Waals surface area contributed by atoms with Crippen molar-refractivity contribution in [3.8, 4) is 0 Å². The predicted octanol–water partition coefficient (Wildman–Crippen LogP) is 1.94. The van der Waals surface area contributed by atoms with E-state index in [2.05, 4.69) is 6.92 Å². The fourth-order valence-corrected chi connectivity index (χ4v) is 2.11. The van der Waals surface area contributed by atoms with E-state index in [1.54, 1.807) is 6.92 Å². The van der Waals surface area contributed by atoms with E-state index < -0.39 is 0 Å². The molecule has 0 amide bonds. The second kappa shape index (κ2) is 5.13. The second-order valence-corrected chi connectivity index (χ2v) is 3.96. The zero-order chi connectivity index (χ0) is 10.6. The van der Waals surface area contributed by atoms with Gasteiger partial charge >= 0.3 is 5.97 Å². The van der Waals surface area contributed by atoms with Crippen LogP contribution in [0.2, 0.25) is 0 Å². The van der Waals surface area contributed by atoms with Crippen molar-refractivity contribution < 1.29 is 14.3 Å². The summed E-state index contributed by atoms with van der Waals surface area (Å²) in [4.78, 5) is 22.7. The summed E-state index contributed by atoms with van der Waals surface area (Å²) >= 11 is 0. The lowest BCUT2D eigenvalue weighted by Crippen LogP contribution is -2.21. The highest BCUT2D eigenvalue weighted by Gasteiger charge is 2.30. The van der Waals surface area contributed by atoms with Gasteiger partial charge in [0.1, 0.15) is 12.2 Å². The number of carbonyl (C=O) groups excluding carboxylic acids is 2. The summed E-state index contributed by atoms with van der Waals surface area (Å²) in [5, 5.41) is 0. The van der Waals surface area contributed by atoms with Crippen LogP contribution in [0, 0.1) is 11.8 Å². The van der Waals surface area contributed by atoms with Crippen molar-refractivity contribution in [1.29, 1.82) is 0 Å². The van der Waals surface area contributed by atoms with Gasteiger partial charge in [0, 0.05) is 5.92 Å². The first-order valence-corrected chi connectivity index (χ1v) is 5.33. The first-order valence-electron chi connectivity index (χ1n) is 5.33. The van der Waals surface area contributed by atoms with Gasteiger partial charge in [-0.05, 0) is 25.7 Å². The molecule has 1 saturated carbocycles. The zero-order valence-electron chi connectivity index (χ0n) is 8.91. The van der Waals surface area contributed by atoms with E-state index in [1.165, 1.54) is 0 Å². The van der Waals surface area contributed by atoms with E-state index in [1.807, 2.05) is 0 Å². The third kappa shape index (κ3) is 2.82. The highest BCUT2D eigenvalue weighted by atomic mass is 16.5. The molecular weight excluding hydrogens is 180 g/mol. The number of ketones is 1. The smallest absolute Gasteiger partial charge is 0.313 e. The molecule has 0 bridgehead atoms. The molecule has 0 spiro atoms. The van der Waals surface area contributed by atoms with E-state index in [0.29, 0.717) is 12.5 Å². The quantitative estimate of drug-likeness (QED) is 0.512. The Labute approximate surface area is 84.8 Å². The minimum absolute atomic E-state index is 0.0388. The standard InChI is InChI=1S/C11H18O3/c1-3-14-11(13)7-10(12)9-6-4-5-8(9)2/h8-9H,3-7H2,1-2H3. The van der Waals surface area contributed by atoms with Crippen molar-refractivity contribution in [3.05, 3.63) is 0 Å². The normalized spacial score (nSPS) is 26.1. The molecule has 1 aliphatic rings. The van der Waals surface area contributed by atoms with Crippen LogP contribution in [-0.2, 0) is 14.3 Å². The number of ether oxygens (including phenoxy) is 1. The van der Waals surface area contributed by atoms with Crippen LogP contribution in [0.1, 0.15) is 39.5 Å². The monoisotopic (exact) mass is 198 g/mol. The largest absolute Gasteiger partial charge is 0.466 e. The van der Waals surface area contributed by atoms with Gasteiger partial charge in [-0.25, -0.2) is 0 Å². The zero-order valence-corrected chi connectivity index (χ0v) is 8.91. The molecule has 1 rings (SSSR count). The molecule has 0 aromatic carbocycles. The van der Waals surface area contributed by atoms with Gasteiger partial charge in [0.25, 0.3) is 0 Å². The van der Waals surface area contributed by atoms with Crippen LogP contribution in [0.25, 0.3) is 0 Å². The van der Waals surface area contributed by atoms with Crippen molar-refractivity contribution in [1.82, 2.24) is 0 Å². The fraction of sp³-hybridized carbons (Fsp3) is 0.818. The van der Waals surface area contributed by atoms with Crippen molar-refractivity contribution in [2.24, 2.45) is 11.8 Å². The van der Waals surface area contributed by atoms with Gasteiger partial charge in [-0.1, -0.05) is 13.3 Å². The lowest BCUT2D eigenvalue weighted by molar-refractivity contribution is -0.146. The van der Waals surface area contributed by atoms with Crippen LogP contribution < -0.4 is 0 Å². The third-order valence-corrected chi connectivity index (χ3v) is 2.90. The molecule has 3 heteroatoms. The number of Topliss-reactive ketones (excluding diaryl/α,β-unsaturated/α-hetero) is 1. The lowest BCUT2D eigenvalue weighted by Gasteiger charge is -2.12. The van der Waals surface area contributed by atoms with E-state index in [-0.39, 0.29) is 24.1 Å². The van der Waals surface area contributed by atoms with E-state index in [0.717, 1.165) is 19.3 Å². The maximum Gasteiger partial charge on any atom is 0.313 e. The predicted molar refractivity (Wildman–Crippen MR) is 52.8 cm³/mol. The molecule has 1 fully saturated rings. The molecule has 3 nitrogen and oxygen atoms in total. The molecule has 0 N–H and O–H groups in total. The summed E-state index contributed by atoms with van der Waals surface area (Å²) in [6, 6.07) is 0. The molecule has 80 valence electrons. The summed E-state index contributed by atoms with van der Waals surface area (Å²) in [5.74, 6) is 0.224. The Balaban J connectivity index is 2.37. The van der Waals surface area contributed by atoms with E-state index in [4.69, 9.17) is 4.74 Å². The molecule has 2 unspecified atom stereocenters. The molecule has 0 aromatic heterocycles. The Hall–Kier alpha value is -0.860. The topological polar surface area (TPSA) is 43.4 Å². The van der Waals surface area contributed by atoms with Gasteiger partial charge in [0.05, 0.1) is 6.61 Å². The number of hydrogen-bond acceptors (Lipinski definition) is 3. The van der Waals surface area contributed by atoms with Gasteiger partial charge in [0.2, 0.25) is 0 Å². The number of carbonyl (C=O) groups is 2. The van der Waals surface area contributed by atoms with E-state index in [9.17, 15) is 9.59 Å². The van der Waals surface area contributed by atoms with Gasteiger partial charge in [-0.15, -0.1) is 0 Å². The Kier molecular flexibility index (Phi) is 4.11. The highest BCUT2D eigenvalue weighted by Crippen LogP contribution is 2.32. The molecule has 2 atom stereocenters. The average molecular weight is 198 g/mol. The van der Waals surface area contributed by atoms with Crippen molar-refractivity contribution in [2.75, 3.05) is 6.61 Å². The van der Waals surface area contributed by atoms with Gasteiger partial charge in [-0.2, -0.15) is 0 Å². The lowest BCUT2D eigenvalue weighted by atomic mass is 9.92. The fourth-order valence-electron chi connectivity index (χ4n) is 2.11. The minimum atomic E-state index is -0.378. The summed E-state index contributed by atoms with van der Waals surface area (Å²) in [5.41, 5.74) is 0. The summed E-state index contributed by atoms with van der Waals surface area (Å²) < 4.78 is 4.75. The van der Waals surface area contributed by atoms with Crippen LogP contribution >= 0.6 is 0 Å². The van der Waals surface area contributed by atoms with Crippen molar-refractivity contribution >= 4 is 11.8 Å². The highest BCUT2D eigenvalue weighted by molar-refractivity contribution is 5.97. The van der Waals surface area contributed by atoms with E-state index >= 15 is 0 Å². The van der Waals surface area contributed by atoms with Crippen LogP contribution in [0.4, 0.5) is 0 Å². The van der Waals surface area contributed by atoms with Crippen LogP contribution in [0.3, 0.4) is 0 Å². The molecule has 0 heterocycles. The Morgan fingerprint density at radius 1 is 1.36 bits per heavy atom. The third-order valence-electron chi connectivity index (χ3n) is 2.90. The van der Waals surface area contributed by atoms with Gasteiger partial charge < -0.3 is 4.74 Å². The molecule has 0 saturated heterocycles. The molecule has 0 aliphatic heterocycles. The maximum atomic E-state index is 11.6. The first-order chi connectivity index (χ1) is 6.65. The molecular formula is C11H18O3. The Bertz CT molecular complexity index is 223. The van der Waals surface area contributed by atoms with Crippen LogP contribution in [0.5, 0.6) is 0 Å².